The number of rotatable bonds is 7. The molecule has 1 rings (SSSR count). The van der Waals surface area contributed by atoms with E-state index in [9.17, 15) is 15.0 Å². The molecule has 4 heteroatoms. The van der Waals surface area contributed by atoms with Gasteiger partial charge in [0.25, 0.3) is 0 Å². The van der Waals surface area contributed by atoms with E-state index >= 15 is 0 Å². The molecule has 1 aliphatic heterocycles. The van der Waals surface area contributed by atoms with Crippen molar-refractivity contribution in [1.82, 2.24) is 0 Å². The van der Waals surface area contributed by atoms with Crippen LogP contribution in [0.25, 0.3) is 0 Å². The SMILES string of the molecule is CC(O)C(C)(O)CCCCCC1C=CC(=O)O1. The first-order valence-electron chi connectivity index (χ1n) is 6.21. The molecule has 17 heavy (non-hydrogen) atoms. The molecular formula is C13H22O4. The third-order valence-corrected chi connectivity index (χ3v) is 3.29. The van der Waals surface area contributed by atoms with Gasteiger partial charge in [-0.05, 0) is 39.2 Å². The van der Waals surface area contributed by atoms with Crippen LogP contribution < -0.4 is 0 Å². The first-order valence-corrected chi connectivity index (χ1v) is 6.21. The highest BCUT2D eigenvalue weighted by atomic mass is 16.5. The molecule has 0 aromatic rings. The summed E-state index contributed by atoms with van der Waals surface area (Å²) in [7, 11) is 0. The second kappa shape index (κ2) is 6.17. The number of ether oxygens (including phenoxy) is 1. The lowest BCUT2D eigenvalue weighted by Crippen LogP contribution is -2.36. The Morgan fingerprint density at radius 2 is 2.18 bits per heavy atom. The van der Waals surface area contributed by atoms with Crippen LogP contribution in [0.5, 0.6) is 0 Å². The predicted molar refractivity (Wildman–Crippen MR) is 64.4 cm³/mol. The lowest BCUT2D eigenvalue weighted by atomic mass is 9.93. The van der Waals surface area contributed by atoms with E-state index < -0.39 is 11.7 Å². The molecule has 0 aromatic carbocycles. The molecule has 3 atom stereocenters. The number of carbonyl (C=O) groups is 1. The van der Waals surface area contributed by atoms with Gasteiger partial charge in [-0.1, -0.05) is 12.8 Å². The van der Waals surface area contributed by atoms with E-state index in [0.717, 1.165) is 25.7 Å². The average molecular weight is 242 g/mol. The summed E-state index contributed by atoms with van der Waals surface area (Å²) < 4.78 is 5.01. The van der Waals surface area contributed by atoms with E-state index in [-0.39, 0.29) is 12.1 Å². The maximum atomic E-state index is 10.8. The zero-order valence-corrected chi connectivity index (χ0v) is 10.6. The molecule has 0 fully saturated rings. The first-order chi connectivity index (χ1) is 7.92. The molecule has 98 valence electrons. The number of hydrogen-bond acceptors (Lipinski definition) is 4. The van der Waals surface area contributed by atoms with Crippen molar-refractivity contribution >= 4 is 5.97 Å². The molecule has 3 unspecified atom stereocenters. The summed E-state index contributed by atoms with van der Waals surface area (Å²) in [5, 5.41) is 19.1. The van der Waals surface area contributed by atoms with E-state index in [1.807, 2.05) is 0 Å². The van der Waals surface area contributed by atoms with Crippen molar-refractivity contribution in [2.24, 2.45) is 0 Å². The van der Waals surface area contributed by atoms with Gasteiger partial charge in [0.1, 0.15) is 6.10 Å². The lowest BCUT2D eigenvalue weighted by Gasteiger charge is -2.26. The van der Waals surface area contributed by atoms with Crippen molar-refractivity contribution in [3.63, 3.8) is 0 Å². The fourth-order valence-electron chi connectivity index (χ4n) is 1.78. The number of unbranched alkanes of at least 4 members (excludes halogenated alkanes) is 2. The fourth-order valence-corrected chi connectivity index (χ4v) is 1.78. The number of carbonyl (C=O) groups excluding carboxylic acids is 1. The van der Waals surface area contributed by atoms with E-state index in [1.54, 1.807) is 19.9 Å². The van der Waals surface area contributed by atoms with Gasteiger partial charge in [0.15, 0.2) is 0 Å². The quantitative estimate of drug-likeness (QED) is 0.525. The number of cyclic esters (lactones) is 1. The molecule has 0 spiro atoms. The topological polar surface area (TPSA) is 66.8 Å². The van der Waals surface area contributed by atoms with E-state index in [1.165, 1.54) is 6.08 Å². The molecule has 0 saturated heterocycles. The minimum Gasteiger partial charge on any atom is -0.455 e. The normalized spacial score (nSPS) is 24.5. The van der Waals surface area contributed by atoms with Crippen LogP contribution in [0.2, 0.25) is 0 Å². The van der Waals surface area contributed by atoms with Crippen LogP contribution in [0.15, 0.2) is 12.2 Å². The summed E-state index contributed by atoms with van der Waals surface area (Å²) in [5.41, 5.74) is -1.00. The molecule has 4 nitrogen and oxygen atoms in total. The summed E-state index contributed by atoms with van der Waals surface area (Å²) in [4.78, 5) is 10.8. The van der Waals surface area contributed by atoms with Crippen LogP contribution in [0, 0.1) is 0 Å². The Balaban J connectivity index is 2.05. The monoisotopic (exact) mass is 242 g/mol. The Hall–Kier alpha value is -0.870. The van der Waals surface area contributed by atoms with Gasteiger partial charge < -0.3 is 14.9 Å². The van der Waals surface area contributed by atoms with E-state index in [2.05, 4.69) is 0 Å². The second-order valence-electron chi connectivity index (χ2n) is 4.97. The maximum absolute atomic E-state index is 10.8. The zero-order valence-electron chi connectivity index (χ0n) is 10.6. The van der Waals surface area contributed by atoms with Gasteiger partial charge in [-0.25, -0.2) is 4.79 Å². The van der Waals surface area contributed by atoms with Crippen molar-refractivity contribution in [2.45, 2.75) is 63.8 Å². The van der Waals surface area contributed by atoms with Crippen molar-refractivity contribution in [3.8, 4) is 0 Å². The summed E-state index contributed by atoms with van der Waals surface area (Å²) >= 11 is 0. The lowest BCUT2D eigenvalue weighted by molar-refractivity contribution is -0.138. The molecule has 1 aliphatic rings. The Morgan fingerprint density at radius 3 is 2.71 bits per heavy atom. The molecule has 1 heterocycles. The van der Waals surface area contributed by atoms with Crippen LogP contribution in [0.3, 0.4) is 0 Å². The van der Waals surface area contributed by atoms with Crippen LogP contribution in [-0.4, -0.2) is 34.0 Å². The third-order valence-electron chi connectivity index (χ3n) is 3.29. The van der Waals surface area contributed by atoms with Crippen molar-refractivity contribution in [1.29, 1.82) is 0 Å². The zero-order chi connectivity index (χ0) is 12.9. The standard InChI is InChI=1S/C13H22O4/c1-10(14)13(2,16)9-5-3-4-6-11-7-8-12(15)17-11/h7-8,10-11,14,16H,3-6,9H2,1-2H3. The van der Waals surface area contributed by atoms with Gasteiger partial charge in [0, 0.05) is 6.08 Å². The number of aliphatic hydroxyl groups is 2. The van der Waals surface area contributed by atoms with E-state index in [4.69, 9.17) is 4.74 Å². The summed E-state index contributed by atoms with van der Waals surface area (Å²) in [6.07, 6.45) is 6.67. The molecule has 0 aromatic heterocycles. The molecule has 0 amide bonds. The van der Waals surface area contributed by atoms with Crippen LogP contribution in [0.4, 0.5) is 0 Å². The Morgan fingerprint density at radius 1 is 1.47 bits per heavy atom. The Kier molecular flexibility index (Phi) is 5.15. The van der Waals surface area contributed by atoms with Gasteiger partial charge in [0.05, 0.1) is 11.7 Å². The molecule has 2 N–H and O–H groups in total. The molecule has 0 aliphatic carbocycles. The van der Waals surface area contributed by atoms with E-state index in [0.29, 0.717) is 6.42 Å². The molecule has 0 bridgehead atoms. The highest BCUT2D eigenvalue weighted by molar-refractivity contribution is 5.84. The summed E-state index contributed by atoms with van der Waals surface area (Å²) in [6.45, 7) is 3.25. The minimum atomic E-state index is -1.00. The van der Waals surface area contributed by atoms with Gasteiger partial charge in [0.2, 0.25) is 0 Å². The largest absolute Gasteiger partial charge is 0.455 e. The average Bonchev–Trinajstić information content (AvgIpc) is 2.63. The molecule has 0 radical (unpaired) electrons. The highest BCUT2D eigenvalue weighted by Gasteiger charge is 2.25. The van der Waals surface area contributed by atoms with Gasteiger partial charge >= 0.3 is 5.97 Å². The minimum absolute atomic E-state index is 0.0697. The maximum Gasteiger partial charge on any atom is 0.331 e. The van der Waals surface area contributed by atoms with Crippen LogP contribution in [-0.2, 0) is 9.53 Å². The predicted octanol–water partition coefficient (Wildman–Crippen LogP) is 1.55. The van der Waals surface area contributed by atoms with Crippen molar-refractivity contribution in [2.75, 3.05) is 0 Å². The number of esters is 1. The summed E-state index contributed by atoms with van der Waals surface area (Å²) in [5.74, 6) is -0.257. The van der Waals surface area contributed by atoms with Crippen molar-refractivity contribution < 1.29 is 19.7 Å². The smallest absolute Gasteiger partial charge is 0.331 e. The first kappa shape index (κ1) is 14.2. The third kappa shape index (κ3) is 4.88. The van der Waals surface area contributed by atoms with Gasteiger partial charge in [-0.3, -0.25) is 0 Å². The van der Waals surface area contributed by atoms with Gasteiger partial charge in [-0.15, -0.1) is 0 Å². The second-order valence-corrected chi connectivity index (χ2v) is 4.97. The molecular weight excluding hydrogens is 220 g/mol. The number of aliphatic hydroxyl groups excluding tert-OH is 1. The van der Waals surface area contributed by atoms with Gasteiger partial charge in [-0.2, -0.15) is 0 Å². The highest BCUT2D eigenvalue weighted by Crippen LogP contribution is 2.20. The van der Waals surface area contributed by atoms with Crippen LogP contribution >= 0.6 is 0 Å². The Bertz CT molecular complexity index is 281. The summed E-state index contributed by atoms with van der Waals surface area (Å²) in [6, 6.07) is 0. The van der Waals surface area contributed by atoms with Crippen molar-refractivity contribution in [3.05, 3.63) is 12.2 Å². The number of hydrogen-bond donors (Lipinski definition) is 2. The van der Waals surface area contributed by atoms with Crippen LogP contribution in [0.1, 0.15) is 46.0 Å². The molecule has 0 saturated carbocycles. The Labute approximate surface area is 102 Å². The fraction of sp³-hybridized carbons (Fsp3) is 0.769.